The number of likely N-dealkylation sites (tertiary alicyclic amines) is 1. The van der Waals surface area contributed by atoms with Crippen LogP contribution in [0.1, 0.15) is 0 Å². The minimum absolute atomic E-state index is 0.0739. The van der Waals surface area contributed by atoms with Crippen LogP contribution in [0, 0.1) is 0 Å². The van der Waals surface area contributed by atoms with Crippen molar-refractivity contribution in [1.29, 1.82) is 0 Å². The zero-order valence-corrected chi connectivity index (χ0v) is 13.3. The fourth-order valence-electron chi connectivity index (χ4n) is 2.27. The predicted molar refractivity (Wildman–Crippen MR) is 80.5 cm³/mol. The molecule has 1 fully saturated rings. The van der Waals surface area contributed by atoms with Crippen LogP contribution in [0.15, 0.2) is 41.8 Å². The predicted octanol–water partition coefficient (Wildman–Crippen LogP) is -0.121. The molecule has 122 valence electrons. The van der Waals surface area contributed by atoms with E-state index in [4.69, 9.17) is 4.74 Å². The molecule has 1 aliphatic heterocycles. The summed E-state index contributed by atoms with van der Waals surface area (Å²) in [4.78, 5) is 13.5. The number of carbonyl (C=O) groups is 1. The fourth-order valence-corrected chi connectivity index (χ4v) is 3.93. The lowest BCUT2D eigenvalue weighted by atomic mass is 10.2. The molecule has 1 saturated heterocycles. The molecule has 0 N–H and O–H groups in total. The molecule has 9 heteroatoms. The van der Waals surface area contributed by atoms with E-state index in [0.717, 1.165) is 0 Å². The molecule has 0 bridgehead atoms. The third-order valence-electron chi connectivity index (χ3n) is 3.67. The summed E-state index contributed by atoms with van der Waals surface area (Å²) < 4.78 is 31.4. The van der Waals surface area contributed by atoms with Gasteiger partial charge >= 0.3 is 0 Å². The van der Waals surface area contributed by atoms with Crippen LogP contribution in [-0.2, 0) is 21.7 Å². The van der Waals surface area contributed by atoms with Gasteiger partial charge in [-0.3, -0.25) is 4.79 Å². The van der Waals surface area contributed by atoms with Gasteiger partial charge < -0.3 is 14.2 Å². The molecular weight excluding hydrogens is 320 g/mol. The number of nitrogens with zero attached hydrogens (tertiary/aromatic N) is 4. The lowest BCUT2D eigenvalue weighted by molar-refractivity contribution is -0.136. The number of carbonyl (C=O) groups excluding carboxylic acids is 1. The second-order valence-corrected chi connectivity index (χ2v) is 7.41. The van der Waals surface area contributed by atoms with E-state index in [1.165, 1.54) is 15.8 Å². The summed E-state index contributed by atoms with van der Waals surface area (Å²) in [6.45, 7) is 0.180. The molecular formula is C14H16N4O4S. The first-order valence-electron chi connectivity index (χ1n) is 7.02. The lowest BCUT2D eigenvalue weighted by Crippen LogP contribution is -2.58. The quantitative estimate of drug-likeness (QED) is 0.755. The van der Waals surface area contributed by atoms with Crippen LogP contribution >= 0.6 is 0 Å². The standard InChI is InChI=1S/C14H16N4O4S/c1-17-10-15-16-14(17)23(20,21)12-7-18(8-12)13(19)9-22-11-5-3-2-4-6-11/h2-6,10,12H,7-9H2,1H3. The molecule has 1 amide bonds. The minimum atomic E-state index is -3.57. The van der Waals surface area contributed by atoms with E-state index >= 15 is 0 Å². The second-order valence-electron chi connectivity index (χ2n) is 5.29. The zero-order chi connectivity index (χ0) is 16.4. The summed E-state index contributed by atoms with van der Waals surface area (Å²) in [5.41, 5.74) is 0. The molecule has 1 aromatic heterocycles. The van der Waals surface area contributed by atoms with Crippen LogP contribution in [0.2, 0.25) is 0 Å². The number of sulfone groups is 1. The molecule has 8 nitrogen and oxygen atoms in total. The van der Waals surface area contributed by atoms with Crippen LogP contribution in [0.25, 0.3) is 0 Å². The molecule has 0 radical (unpaired) electrons. The van der Waals surface area contributed by atoms with Gasteiger partial charge in [0.05, 0.1) is 0 Å². The molecule has 1 aliphatic rings. The van der Waals surface area contributed by atoms with Gasteiger partial charge in [-0.15, -0.1) is 10.2 Å². The molecule has 0 atom stereocenters. The van der Waals surface area contributed by atoms with Crippen molar-refractivity contribution in [3.05, 3.63) is 36.7 Å². The smallest absolute Gasteiger partial charge is 0.260 e. The zero-order valence-electron chi connectivity index (χ0n) is 12.5. The Morgan fingerprint density at radius 3 is 2.61 bits per heavy atom. The summed E-state index contributed by atoms with van der Waals surface area (Å²) in [6.07, 6.45) is 1.34. The van der Waals surface area contributed by atoms with Crippen molar-refractivity contribution < 1.29 is 17.9 Å². The summed E-state index contributed by atoms with van der Waals surface area (Å²) in [7, 11) is -2.00. The highest BCUT2D eigenvalue weighted by molar-refractivity contribution is 7.92. The third-order valence-corrected chi connectivity index (χ3v) is 5.72. The van der Waals surface area contributed by atoms with Gasteiger partial charge in [0.15, 0.2) is 6.61 Å². The van der Waals surface area contributed by atoms with Crippen LogP contribution in [0.3, 0.4) is 0 Å². The van der Waals surface area contributed by atoms with Gasteiger partial charge in [0.25, 0.3) is 5.91 Å². The SMILES string of the molecule is Cn1cnnc1S(=O)(=O)C1CN(C(=O)COc2ccccc2)C1. The van der Waals surface area contributed by atoms with Gasteiger partial charge in [0, 0.05) is 20.1 Å². The number of aryl methyl sites for hydroxylation is 1. The van der Waals surface area contributed by atoms with Crippen molar-refractivity contribution in [2.75, 3.05) is 19.7 Å². The van der Waals surface area contributed by atoms with E-state index in [-0.39, 0.29) is 30.8 Å². The van der Waals surface area contributed by atoms with Crippen molar-refractivity contribution in [2.45, 2.75) is 10.4 Å². The van der Waals surface area contributed by atoms with Gasteiger partial charge in [0.1, 0.15) is 17.3 Å². The van der Waals surface area contributed by atoms with E-state index in [2.05, 4.69) is 10.2 Å². The molecule has 2 heterocycles. The molecule has 2 aromatic rings. The first kappa shape index (κ1) is 15.5. The molecule has 23 heavy (non-hydrogen) atoms. The van der Waals surface area contributed by atoms with Gasteiger partial charge in [-0.2, -0.15) is 0 Å². The van der Waals surface area contributed by atoms with Crippen molar-refractivity contribution in [2.24, 2.45) is 7.05 Å². The molecule has 1 aromatic carbocycles. The largest absolute Gasteiger partial charge is 0.484 e. The number of benzene rings is 1. The minimum Gasteiger partial charge on any atom is -0.484 e. The van der Waals surface area contributed by atoms with Crippen molar-refractivity contribution in [1.82, 2.24) is 19.7 Å². The lowest BCUT2D eigenvalue weighted by Gasteiger charge is -2.38. The highest BCUT2D eigenvalue weighted by Crippen LogP contribution is 2.22. The summed E-state index contributed by atoms with van der Waals surface area (Å²) >= 11 is 0. The Hall–Kier alpha value is -2.42. The number of ether oxygens (including phenoxy) is 1. The van der Waals surface area contributed by atoms with Gasteiger partial charge in [0.2, 0.25) is 15.0 Å². The van der Waals surface area contributed by atoms with E-state index in [1.807, 2.05) is 18.2 Å². The Bertz CT molecular complexity index is 797. The average Bonchev–Trinajstić information content (AvgIpc) is 2.91. The second kappa shape index (κ2) is 5.99. The molecule has 0 saturated carbocycles. The third kappa shape index (κ3) is 3.04. The Morgan fingerprint density at radius 2 is 2.00 bits per heavy atom. The summed E-state index contributed by atoms with van der Waals surface area (Å²) in [5, 5.41) is 6.49. The Balaban J connectivity index is 1.54. The highest BCUT2D eigenvalue weighted by atomic mass is 32.2. The topological polar surface area (TPSA) is 94.4 Å². The highest BCUT2D eigenvalue weighted by Gasteiger charge is 2.42. The van der Waals surface area contributed by atoms with Crippen molar-refractivity contribution in [3.63, 3.8) is 0 Å². The maximum atomic E-state index is 12.4. The first-order chi connectivity index (χ1) is 11.0. The van der Waals surface area contributed by atoms with Crippen molar-refractivity contribution in [3.8, 4) is 5.75 Å². The molecule has 0 unspecified atom stereocenters. The average molecular weight is 336 g/mol. The van der Waals surface area contributed by atoms with Crippen LogP contribution < -0.4 is 4.74 Å². The van der Waals surface area contributed by atoms with Gasteiger partial charge in [-0.05, 0) is 12.1 Å². The van der Waals surface area contributed by atoms with Crippen LogP contribution in [-0.4, -0.2) is 58.9 Å². The Kier molecular flexibility index (Phi) is 4.03. The molecule has 3 rings (SSSR count). The van der Waals surface area contributed by atoms with Crippen LogP contribution in [0.4, 0.5) is 0 Å². The number of hydrogen-bond acceptors (Lipinski definition) is 6. The fraction of sp³-hybridized carbons (Fsp3) is 0.357. The van der Waals surface area contributed by atoms with E-state index in [9.17, 15) is 13.2 Å². The number of rotatable bonds is 5. The van der Waals surface area contributed by atoms with Crippen LogP contribution in [0.5, 0.6) is 5.75 Å². The maximum Gasteiger partial charge on any atom is 0.260 e. The van der Waals surface area contributed by atoms with Gasteiger partial charge in [-0.1, -0.05) is 18.2 Å². The Morgan fingerprint density at radius 1 is 1.30 bits per heavy atom. The maximum absolute atomic E-state index is 12.4. The summed E-state index contributed by atoms with van der Waals surface area (Å²) in [6, 6.07) is 8.99. The first-order valence-corrected chi connectivity index (χ1v) is 8.56. The molecule has 0 spiro atoms. The van der Waals surface area contributed by atoms with Gasteiger partial charge in [-0.25, -0.2) is 8.42 Å². The van der Waals surface area contributed by atoms with Crippen molar-refractivity contribution >= 4 is 15.7 Å². The summed E-state index contributed by atoms with van der Waals surface area (Å²) in [5.74, 6) is 0.364. The number of hydrogen-bond donors (Lipinski definition) is 0. The number of aromatic nitrogens is 3. The molecule has 0 aliphatic carbocycles. The number of amides is 1. The monoisotopic (exact) mass is 336 g/mol. The van der Waals surface area contributed by atoms with E-state index < -0.39 is 15.1 Å². The van der Waals surface area contributed by atoms with E-state index in [1.54, 1.807) is 19.2 Å². The van der Waals surface area contributed by atoms with E-state index in [0.29, 0.717) is 5.75 Å². The Labute approximate surface area is 133 Å². The number of para-hydroxylation sites is 1. The normalized spacial score (nSPS) is 15.3.